The molecule has 172 valence electrons. The number of aromatic nitrogens is 4. The van der Waals surface area contributed by atoms with Gasteiger partial charge in [0.1, 0.15) is 16.1 Å². The summed E-state index contributed by atoms with van der Waals surface area (Å²) in [6.07, 6.45) is 4.45. The molecule has 32 heavy (non-hydrogen) atoms. The van der Waals surface area contributed by atoms with Gasteiger partial charge in [-0.25, -0.2) is 19.6 Å². The Morgan fingerprint density at radius 3 is 2.56 bits per heavy atom. The zero-order chi connectivity index (χ0) is 23.3. The fourth-order valence-electron chi connectivity index (χ4n) is 3.35. The van der Waals surface area contributed by atoms with Crippen molar-refractivity contribution in [3.63, 3.8) is 0 Å². The molecule has 0 unspecified atom stereocenters. The fourth-order valence-corrected chi connectivity index (χ4v) is 4.20. The van der Waals surface area contributed by atoms with E-state index in [1.807, 2.05) is 0 Å². The first-order chi connectivity index (χ1) is 15.3. The van der Waals surface area contributed by atoms with Crippen LogP contribution in [-0.2, 0) is 4.74 Å². The number of hydrogen-bond donors (Lipinski definition) is 4. The number of H-pyrrole nitrogens is 2. The Morgan fingerprint density at radius 2 is 2.03 bits per heavy atom. The lowest BCUT2D eigenvalue weighted by Gasteiger charge is -2.34. The van der Waals surface area contributed by atoms with Crippen LogP contribution in [0.2, 0.25) is 0 Å². The SMILES string of the molecule is COC(=O)c1scc2[nH]c(C(=O)NC3CCN(C(C)C)CC3)nc12.O=C(O)c1cnc[nH]1. The summed E-state index contributed by atoms with van der Waals surface area (Å²) in [6.45, 7) is 6.35. The van der Waals surface area contributed by atoms with E-state index in [4.69, 9.17) is 9.84 Å². The number of esters is 1. The molecule has 12 heteroatoms. The van der Waals surface area contributed by atoms with Crippen molar-refractivity contribution in [3.8, 4) is 0 Å². The number of likely N-dealkylation sites (tertiary alicyclic amines) is 1. The van der Waals surface area contributed by atoms with Crippen LogP contribution in [0.5, 0.6) is 0 Å². The van der Waals surface area contributed by atoms with E-state index in [9.17, 15) is 14.4 Å². The molecule has 1 amide bonds. The lowest BCUT2D eigenvalue weighted by molar-refractivity contribution is 0.0606. The van der Waals surface area contributed by atoms with Gasteiger partial charge >= 0.3 is 11.9 Å². The Hall–Kier alpha value is -3.25. The molecule has 1 saturated heterocycles. The number of amides is 1. The van der Waals surface area contributed by atoms with Gasteiger partial charge in [-0.3, -0.25) is 4.79 Å². The van der Waals surface area contributed by atoms with E-state index in [-0.39, 0.29) is 23.5 Å². The smallest absolute Gasteiger partial charge is 0.353 e. The number of carboxylic acids is 1. The molecule has 0 aromatic carbocycles. The van der Waals surface area contributed by atoms with Crippen LogP contribution in [-0.4, -0.2) is 80.1 Å². The second kappa shape index (κ2) is 10.4. The summed E-state index contributed by atoms with van der Waals surface area (Å²) >= 11 is 1.26. The first kappa shape index (κ1) is 23.4. The molecular formula is C20H26N6O5S. The van der Waals surface area contributed by atoms with Crippen LogP contribution in [0.15, 0.2) is 17.9 Å². The van der Waals surface area contributed by atoms with Gasteiger partial charge in [0.15, 0.2) is 5.82 Å². The van der Waals surface area contributed by atoms with E-state index in [0.717, 1.165) is 25.9 Å². The first-order valence-electron chi connectivity index (χ1n) is 10.1. The van der Waals surface area contributed by atoms with Gasteiger partial charge < -0.3 is 30.0 Å². The van der Waals surface area contributed by atoms with E-state index in [1.165, 1.54) is 31.0 Å². The zero-order valence-corrected chi connectivity index (χ0v) is 18.9. The molecule has 1 fully saturated rings. The van der Waals surface area contributed by atoms with Crippen LogP contribution >= 0.6 is 11.3 Å². The van der Waals surface area contributed by atoms with Gasteiger partial charge in [0.2, 0.25) is 0 Å². The Kier molecular flexibility index (Phi) is 7.59. The number of aromatic amines is 2. The lowest BCUT2D eigenvalue weighted by Crippen LogP contribution is -2.46. The van der Waals surface area contributed by atoms with Crippen molar-refractivity contribution in [2.24, 2.45) is 0 Å². The van der Waals surface area contributed by atoms with Crippen molar-refractivity contribution >= 4 is 40.2 Å². The van der Waals surface area contributed by atoms with E-state index in [0.29, 0.717) is 22.0 Å². The summed E-state index contributed by atoms with van der Waals surface area (Å²) in [5.41, 5.74) is 1.29. The van der Waals surface area contributed by atoms with Crippen molar-refractivity contribution in [1.29, 1.82) is 0 Å². The molecule has 4 N–H and O–H groups in total. The highest BCUT2D eigenvalue weighted by Gasteiger charge is 2.24. The number of hydrogen-bond acceptors (Lipinski definition) is 8. The number of nitrogens with one attached hydrogen (secondary N) is 3. The first-order valence-corrected chi connectivity index (χ1v) is 11.0. The minimum absolute atomic E-state index is 0.116. The Labute approximate surface area is 188 Å². The monoisotopic (exact) mass is 462 g/mol. The zero-order valence-electron chi connectivity index (χ0n) is 18.0. The quantitative estimate of drug-likeness (QED) is 0.421. The number of thiophene rings is 1. The molecule has 3 aromatic rings. The molecule has 0 aliphatic carbocycles. The van der Waals surface area contributed by atoms with Gasteiger partial charge in [-0.2, -0.15) is 0 Å². The number of piperidine rings is 1. The summed E-state index contributed by atoms with van der Waals surface area (Å²) in [4.78, 5) is 50.1. The summed E-state index contributed by atoms with van der Waals surface area (Å²) in [7, 11) is 1.33. The van der Waals surface area contributed by atoms with Gasteiger partial charge in [0.25, 0.3) is 5.91 Å². The fraction of sp³-hybridized carbons (Fsp3) is 0.450. The summed E-state index contributed by atoms with van der Waals surface area (Å²) in [5.74, 6) is -1.41. The number of methoxy groups -OCH3 is 1. The van der Waals surface area contributed by atoms with Crippen LogP contribution in [0.25, 0.3) is 11.0 Å². The number of carboxylic acid groups (broad SMARTS) is 1. The number of carbonyl (C=O) groups is 3. The largest absolute Gasteiger partial charge is 0.477 e. The molecule has 0 saturated carbocycles. The summed E-state index contributed by atoms with van der Waals surface area (Å²) in [5, 5.41) is 13.0. The Bertz CT molecular complexity index is 1070. The van der Waals surface area contributed by atoms with Crippen molar-refractivity contribution in [3.05, 3.63) is 34.3 Å². The second-order valence-electron chi connectivity index (χ2n) is 7.55. The van der Waals surface area contributed by atoms with E-state index >= 15 is 0 Å². The molecule has 4 rings (SSSR count). The standard InChI is InChI=1S/C16H22N4O3S.C4H4N2O2/c1-9(2)20-6-4-10(5-7-20)17-15(21)14-18-11-8-24-13(12(11)19-14)16(22)23-3;7-4(8)3-1-5-2-6-3/h8-10H,4-7H2,1-3H3,(H,17,21)(H,18,19);1-2H,(H,5,6)(H,7,8). The number of imidazole rings is 2. The summed E-state index contributed by atoms with van der Waals surface area (Å²) < 4.78 is 4.74. The highest BCUT2D eigenvalue weighted by molar-refractivity contribution is 7.13. The average molecular weight is 463 g/mol. The topological polar surface area (TPSA) is 153 Å². The average Bonchev–Trinajstić information content (AvgIpc) is 3.51. The van der Waals surface area contributed by atoms with Crippen LogP contribution in [0, 0.1) is 0 Å². The van der Waals surface area contributed by atoms with Crippen LogP contribution < -0.4 is 5.32 Å². The van der Waals surface area contributed by atoms with Crippen LogP contribution in [0.4, 0.5) is 0 Å². The van der Waals surface area contributed by atoms with Crippen LogP contribution in [0.1, 0.15) is 57.5 Å². The third-order valence-electron chi connectivity index (χ3n) is 5.15. The van der Waals surface area contributed by atoms with Crippen molar-refractivity contribution in [1.82, 2.24) is 30.2 Å². The third-order valence-corrected chi connectivity index (χ3v) is 6.10. The van der Waals surface area contributed by atoms with Crippen molar-refractivity contribution < 1.29 is 24.2 Å². The number of carbonyl (C=O) groups excluding carboxylic acids is 2. The van der Waals surface area contributed by atoms with E-state index in [2.05, 4.69) is 44.0 Å². The maximum atomic E-state index is 12.4. The molecule has 1 aliphatic rings. The molecule has 1 aliphatic heterocycles. The predicted octanol–water partition coefficient (Wildman–Crippen LogP) is 2.12. The molecule has 0 spiro atoms. The lowest BCUT2D eigenvalue weighted by atomic mass is 10.0. The number of fused-ring (bicyclic) bond motifs is 1. The number of ether oxygens (including phenoxy) is 1. The van der Waals surface area contributed by atoms with Crippen LogP contribution in [0.3, 0.4) is 0 Å². The Balaban J connectivity index is 0.000000305. The van der Waals surface area contributed by atoms with Gasteiger partial charge in [-0.05, 0) is 26.7 Å². The summed E-state index contributed by atoms with van der Waals surface area (Å²) in [6, 6.07) is 0.699. The molecule has 4 heterocycles. The van der Waals surface area contributed by atoms with Gasteiger partial charge in [-0.1, -0.05) is 0 Å². The molecule has 11 nitrogen and oxygen atoms in total. The minimum Gasteiger partial charge on any atom is -0.477 e. The Morgan fingerprint density at radius 1 is 1.31 bits per heavy atom. The molecule has 0 atom stereocenters. The second-order valence-corrected chi connectivity index (χ2v) is 8.43. The van der Waals surface area contributed by atoms with E-state index in [1.54, 1.807) is 5.38 Å². The van der Waals surface area contributed by atoms with Crippen molar-refractivity contribution in [2.45, 2.75) is 38.8 Å². The molecule has 0 bridgehead atoms. The molecule has 3 aromatic heterocycles. The van der Waals surface area contributed by atoms with Gasteiger partial charge in [0.05, 0.1) is 25.2 Å². The number of rotatable bonds is 5. The maximum Gasteiger partial charge on any atom is 0.353 e. The van der Waals surface area contributed by atoms with E-state index < -0.39 is 11.9 Å². The number of aromatic carboxylic acids is 1. The normalized spacial score (nSPS) is 14.8. The highest BCUT2D eigenvalue weighted by Crippen LogP contribution is 2.24. The third kappa shape index (κ3) is 5.51. The molecule has 0 radical (unpaired) electrons. The highest BCUT2D eigenvalue weighted by atomic mass is 32.1. The van der Waals surface area contributed by atoms with Gasteiger partial charge in [-0.15, -0.1) is 11.3 Å². The number of nitrogens with zero attached hydrogens (tertiary/aromatic N) is 3. The maximum absolute atomic E-state index is 12.4. The molecular weight excluding hydrogens is 436 g/mol. The minimum atomic E-state index is -0.984. The van der Waals surface area contributed by atoms with Crippen molar-refractivity contribution in [2.75, 3.05) is 20.2 Å². The van der Waals surface area contributed by atoms with Gasteiger partial charge in [0, 0.05) is 30.6 Å². The predicted molar refractivity (Wildman–Crippen MR) is 118 cm³/mol.